The van der Waals surface area contributed by atoms with Gasteiger partial charge >= 0.3 is 0 Å². The topological polar surface area (TPSA) is 43.7 Å². The minimum Gasteiger partial charge on any atom is -0.392 e. The number of hydrogen-bond donors (Lipinski definition) is 2. The Hall–Kier alpha value is -0.120. The summed E-state index contributed by atoms with van der Waals surface area (Å²) in [5.41, 5.74) is 0. The second kappa shape index (κ2) is 3.95. The van der Waals surface area contributed by atoms with Gasteiger partial charge in [0.05, 0.1) is 12.2 Å². The summed E-state index contributed by atoms with van der Waals surface area (Å²) < 4.78 is 0. The summed E-state index contributed by atoms with van der Waals surface area (Å²) in [5.74, 6) is 0. The maximum Gasteiger partial charge on any atom is 0.0695 e. The Morgan fingerprint density at radius 1 is 1.00 bits per heavy atom. The van der Waals surface area contributed by atoms with E-state index in [4.69, 9.17) is 0 Å². The molecule has 2 N–H and O–H groups in total. The van der Waals surface area contributed by atoms with Crippen LogP contribution in [0.25, 0.3) is 0 Å². The highest BCUT2D eigenvalue weighted by molar-refractivity contribution is 4.87. The van der Waals surface area contributed by atoms with Gasteiger partial charge in [0.15, 0.2) is 0 Å². The van der Waals surface area contributed by atoms with E-state index in [1.54, 1.807) is 0 Å². The predicted octanol–water partition coefficient (Wildman–Crippen LogP) is 0.357. The average molecular weight is 185 g/mol. The first kappa shape index (κ1) is 9.44. The summed E-state index contributed by atoms with van der Waals surface area (Å²) in [4.78, 5) is 2.26. The van der Waals surface area contributed by atoms with Crippen molar-refractivity contribution in [3.05, 3.63) is 0 Å². The number of rotatable bonds is 1. The lowest BCUT2D eigenvalue weighted by Gasteiger charge is -2.34. The molecule has 2 rings (SSSR count). The van der Waals surface area contributed by atoms with Gasteiger partial charge in [0.1, 0.15) is 0 Å². The first-order chi connectivity index (χ1) is 6.27. The highest BCUT2D eigenvalue weighted by atomic mass is 16.3. The molecular formula is C10H19NO2. The first-order valence-electron chi connectivity index (χ1n) is 5.37. The van der Waals surface area contributed by atoms with E-state index in [-0.39, 0.29) is 12.2 Å². The van der Waals surface area contributed by atoms with E-state index in [0.717, 1.165) is 38.8 Å². The molecule has 1 saturated heterocycles. The van der Waals surface area contributed by atoms with Gasteiger partial charge in [-0.1, -0.05) is 12.8 Å². The van der Waals surface area contributed by atoms with Crippen LogP contribution < -0.4 is 0 Å². The molecule has 1 aliphatic carbocycles. The molecule has 1 heterocycles. The van der Waals surface area contributed by atoms with E-state index in [0.29, 0.717) is 6.04 Å². The van der Waals surface area contributed by atoms with Crippen molar-refractivity contribution in [2.24, 2.45) is 0 Å². The molecular weight excluding hydrogens is 166 g/mol. The molecule has 2 aliphatic rings. The smallest absolute Gasteiger partial charge is 0.0695 e. The third-order valence-electron chi connectivity index (χ3n) is 3.36. The molecule has 3 atom stereocenters. The van der Waals surface area contributed by atoms with Gasteiger partial charge in [-0.3, -0.25) is 4.90 Å². The van der Waals surface area contributed by atoms with Crippen molar-refractivity contribution in [3.8, 4) is 0 Å². The van der Waals surface area contributed by atoms with Gasteiger partial charge in [0, 0.05) is 19.1 Å². The van der Waals surface area contributed by atoms with Crippen LogP contribution in [0.15, 0.2) is 0 Å². The van der Waals surface area contributed by atoms with Crippen molar-refractivity contribution in [1.82, 2.24) is 4.90 Å². The SMILES string of the molecule is OC1CCCCC1N1CC[C@H](O)C1. The van der Waals surface area contributed by atoms with Crippen molar-refractivity contribution in [2.75, 3.05) is 13.1 Å². The fraction of sp³-hybridized carbons (Fsp3) is 1.00. The predicted molar refractivity (Wildman–Crippen MR) is 50.5 cm³/mol. The molecule has 1 saturated carbocycles. The van der Waals surface area contributed by atoms with Gasteiger partial charge in [-0.05, 0) is 19.3 Å². The van der Waals surface area contributed by atoms with Gasteiger partial charge < -0.3 is 10.2 Å². The lowest BCUT2D eigenvalue weighted by atomic mass is 9.91. The van der Waals surface area contributed by atoms with E-state index in [1.165, 1.54) is 6.42 Å². The molecule has 2 unspecified atom stereocenters. The Balaban J connectivity index is 1.91. The van der Waals surface area contributed by atoms with Crippen molar-refractivity contribution in [3.63, 3.8) is 0 Å². The zero-order chi connectivity index (χ0) is 9.26. The highest BCUT2D eigenvalue weighted by Crippen LogP contribution is 2.25. The minimum absolute atomic E-state index is 0.154. The molecule has 0 spiro atoms. The van der Waals surface area contributed by atoms with Crippen LogP contribution in [-0.4, -0.2) is 46.5 Å². The van der Waals surface area contributed by atoms with Crippen LogP contribution in [0.5, 0.6) is 0 Å². The Bertz CT molecular complexity index is 174. The number of hydrogen-bond acceptors (Lipinski definition) is 3. The monoisotopic (exact) mass is 185 g/mol. The lowest BCUT2D eigenvalue weighted by molar-refractivity contribution is 0.0253. The molecule has 76 valence electrons. The Labute approximate surface area is 79.4 Å². The molecule has 0 aromatic rings. The van der Waals surface area contributed by atoms with Crippen molar-refractivity contribution in [2.45, 2.75) is 50.4 Å². The number of aliphatic hydroxyl groups is 2. The fourth-order valence-corrected chi connectivity index (χ4v) is 2.59. The molecule has 13 heavy (non-hydrogen) atoms. The quantitative estimate of drug-likeness (QED) is 0.620. The summed E-state index contributed by atoms with van der Waals surface area (Å²) in [6, 6.07) is 0.325. The van der Waals surface area contributed by atoms with Crippen molar-refractivity contribution >= 4 is 0 Å². The molecule has 0 amide bonds. The third-order valence-corrected chi connectivity index (χ3v) is 3.36. The standard InChI is InChI=1S/C10H19NO2/c12-8-5-6-11(7-8)9-3-1-2-4-10(9)13/h8-10,12-13H,1-7H2/t8-,9?,10?/m0/s1. The molecule has 1 aliphatic heterocycles. The van der Waals surface area contributed by atoms with E-state index in [9.17, 15) is 10.2 Å². The fourth-order valence-electron chi connectivity index (χ4n) is 2.59. The Morgan fingerprint density at radius 3 is 2.38 bits per heavy atom. The molecule has 2 fully saturated rings. The largest absolute Gasteiger partial charge is 0.392 e. The van der Waals surface area contributed by atoms with Gasteiger partial charge in [0.25, 0.3) is 0 Å². The summed E-state index contributed by atoms with van der Waals surface area (Å²) >= 11 is 0. The van der Waals surface area contributed by atoms with Crippen LogP contribution in [0.4, 0.5) is 0 Å². The van der Waals surface area contributed by atoms with Gasteiger partial charge in [0.2, 0.25) is 0 Å². The van der Waals surface area contributed by atoms with Crippen LogP contribution in [-0.2, 0) is 0 Å². The molecule has 0 radical (unpaired) electrons. The number of nitrogens with zero attached hydrogens (tertiary/aromatic N) is 1. The highest BCUT2D eigenvalue weighted by Gasteiger charge is 2.32. The van der Waals surface area contributed by atoms with Crippen LogP contribution in [0, 0.1) is 0 Å². The molecule has 0 bridgehead atoms. The lowest BCUT2D eigenvalue weighted by Crippen LogP contribution is -2.44. The normalized spacial score (nSPS) is 42.5. The molecule has 0 aromatic carbocycles. The van der Waals surface area contributed by atoms with Crippen molar-refractivity contribution < 1.29 is 10.2 Å². The van der Waals surface area contributed by atoms with E-state index < -0.39 is 0 Å². The summed E-state index contributed by atoms with van der Waals surface area (Å²) in [6.07, 6.45) is 5.00. The molecule has 0 aromatic heterocycles. The molecule has 3 nitrogen and oxygen atoms in total. The minimum atomic E-state index is -0.158. The average Bonchev–Trinajstić information content (AvgIpc) is 2.53. The van der Waals surface area contributed by atoms with Crippen LogP contribution in [0.1, 0.15) is 32.1 Å². The number of aliphatic hydroxyl groups excluding tert-OH is 2. The summed E-state index contributed by atoms with van der Waals surface area (Å²) in [7, 11) is 0. The maximum absolute atomic E-state index is 9.79. The van der Waals surface area contributed by atoms with E-state index in [2.05, 4.69) is 4.90 Å². The van der Waals surface area contributed by atoms with Crippen LogP contribution >= 0.6 is 0 Å². The third kappa shape index (κ3) is 2.03. The van der Waals surface area contributed by atoms with Crippen molar-refractivity contribution in [1.29, 1.82) is 0 Å². The van der Waals surface area contributed by atoms with Crippen LogP contribution in [0.2, 0.25) is 0 Å². The summed E-state index contributed by atoms with van der Waals surface area (Å²) in [5, 5.41) is 19.2. The zero-order valence-electron chi connectivity index (χ0n) is 8.02. The first-order valence-corrected chi connectivity index (χ1v) is 5.37. The second-order valence-corrected chi connectivity index (χ2v) is 4.36. The van der Waals surface area contributed by atoms with Gasteiger partial charge in [-0.2, -0.15) is 0 Å². The van der Waals surface area contributed by atoms with E-state index in [1.807, 2.05) is 0 Å². The molecule has 3 heteroatoms. The van der Waals surface area contributed by atoms with E-state index >= 15 is 0 Å². The Morgan fingerprint density at radius 2 is 1.77 bits per heavy atom. The number of β-amino-alcohol motifs (C(OH)–C–C–N with tert-alkyl or cyclic N) is 1. The summed E-state index contributed by atoms with van der Waals surface area (Å²) in [6.45, 7) is 1.73. The maximum atomic E-state index is 9.79. The Kier molecular flexibility index (Phi) is 2.86. The van der Waals surface area contributed by atoms with Gasteiger partial charge in [-0.25, -0.2) is 0 Å². The number of likely N-dealkylation sites (tertiary alicyclic amines) is 1. The van der Waals surface area contributed by atoms with Gasteiger partial charge in [-0.15, -0.1) is 0 Å². The zero-order valence-corrected chi connectivity index (χ0v) is 8.02. The van der Waals surface area contributed by atoms with Crippen LogP contribution in [0.3, 0.4) is 0 Å². The second-order valence-electron chi connectivity index (χ2n) is 4.36.